The second kappa shape index (κ2) is 8.36. The zero-order valence-electron chi connectivity index (χ0n) is 14.3. The van der Waals surface area contributed by atoms with Crippen LogP contribution in [0.3, 0.4) is 0 Å². The normalized spacial score (nSPS) is 19.6. The standard InChI is InChI=1S/C17H23N3O5/c1-18-15(21)11-5-8-14(25-2)13(9-11)20-17(24)19-12-6-3-10(4-7-12)16(22)23/h5,8-10,12H,3-4,6-7H2,1-2H3,(H,18,21)(H,22,23)(H2,19,20,24). The lowest BCUT2D eigenvalue weighted by Crippen LogP contribution is -2.41. The van der Waals surface area contributed by atoms with E-state index in [0.29, 0.717) is 42.7 Å². The maximum atomic E-state index is 12.2. The van der Waals surface area contributed by atoms with Gasteiger partial charge in [-0.05, 0) is 43.9 Å². The van der Waals surface area contributed by atoms with Gasteiger partial charge in [-0.25, -0.2) is 4.79 Å². The summed E-state index contributed by atoms with van der Waals surface area (Å²) in [6.07, 6.45) is 2.35. The number of ether oxygens (including phenoxy) is 1. The molecule has 1 aromatic rings. The van der Waals surface area contributed by atoms with Gasteiger partial charge in [-0.15, -0.1) is 0 Å². The lowest BCUT2D eigenvalue weighted by Gasteiger charge is -2.27. The number of methoxy groups -OCH3 is 1. The van der Waals surface area contributed by atoms with E-state index in [1.54, 1.807) is 18.2 Å². The molecule has 0 radical (unpaired) electrons. The molecule has 1 aliphatic carbocycles. The summed E-state index contributed by atoms with van der Waals surface area (Å²) in [4.78, 5) is 34.9. The van der Waals surface area contributed by atoms with Crippen molar-refractivity contribution in [2.45, 2.75) is 31.7 Å². The lowest BCUT2D eigenvalue weighted by atomic mass is 9.86. The predicted molar refractivity (Wildman–Crippen MR) is 91.9 cm³/mol. The largest absolute Gasteiger partial charge is 0.495 e. The summed E-state index contributed by atoms with van der Waals surface area (Å²) in [7, 11) is 3.00. The van der Waals surface area contributed by atoms with E-state index in [0.717, 1.165) is 0 Å². The minimum absolute atomic E-state index is 0.0660. The van der Waals surface area contributed by atoms with Gasteiger partial charge < -0.3 is 25.8 Å². The Hall–Kier alpha value is -2.77. The maximum absolute atomic E-state index is 12.2. The second-order valence-electron chi connectivity index (χ2n) is 5.98. The van der Waals surface area contributed by atoms with Crippen molar-refractivity contribution in [1.82, 2.24) is 10.6 Å². The van der Waals surface area contributed by atoms with Gasteiger partial charge in [0, 0.05) is 18.7 Å². The van der Waals surface area contributed by atoms with Crippen molar-refractivity contribution in [2.75, 3.05) is 19.5 Å². The van der Waals surface area contributed by atoms with Gasteiger partial charge >= 0.3 is 12.0 Å². The third kappa shape index (κ3) is 4.85. The number of rotatable bonds is 5. The van der Waals surface area contributed by atoms with Crippen LogP contribution in [0.1, 0.15) is 36.0 Å². The Kier molecular flexibility index (Phi) is 6.21. The van der Waals surface area contributed by atoms with Crippen LogP contribution in [0.5, 0.6) is 5.75 Å². The molecule has 3 amide bonds. The molecule has 1 fully saturated rings. The molecule has 0 bridgehead atoms. The first-order chi connectivity index (χ1) is 11.9. The molecule has 136 valence electrons. The molecule has 25 heavy (non-hydrogen) atoms. The van der Waals surface area contributed by atoms with Gasteiger partial charge in [0.1, 0.15) is 5.75 Å². The number of carboxylic acid groups (broad SMARTS) is 1. The number of urea groups is 1. The second-order valence-corrected chi connectivity index (χ2v) is 5.98. The van der Waals surface area contributed by atoms with Crippen LogP contribution in [-0.2, 0) is 4.79 Å². The van der Waals surface area contributed by atoms with Crippen LogP contribution < -0.4 is 20.7 Å². The Morgan fingerprint density at radius 3 is 2.40 bits per heavy atom. The molecule has 0 unspecified atom stereocenters. The maximum Gasteiger partial charge on any atom is 0.319 e. The van der Waals surface area contributed by atoms with E-state index in [4.69, 9.17) is 9.84 Å². The monoisotopic (exact) mass is 349 g/mol. The Morgan fingerprint density at radius 2 is 1.84 bits per heavy atom. The van der Waals surface area contributed by atoms with Crippen molar-refractivity contribution in [3.05, 3.63) is 23.8 Å². The molecule has 0 heterocycles. The quantitative estimate of drug-likeness (QED) is 0.647. The molecule has 0 spiro atoms. The first-order valence-corrected chi connectivity index (χ1v) is 8.15. The number of anilines is 1. The number of hydrogen-bond donors (Lipinski definition) is 4. The smallest absolute Gasteiger partial charge is 0.319 e. The molecule has 0 saturated heterocycles. The molecular formula is C17H23N3O5. The molecule has 8 heteroatoms. The summed E-state index contributed by atoms with van der Waals surface area (Å²) in [5, 5.41) is 17.1. The van der Waals surface area contributed by atoms with Crippen molar-refractivity contribution in [3.8, 4) is 5.75 Å². The van der Waals surface area contributed by atoms with Gasteiger partial charge in [0.05, 0.1) is 18.7 Å². The number of hydrogen-bond acceptors (Lipinski definition) is 4. The van der Waals surface area contributed by atoms with Gasteiger partial charge in [-0.2, -0.15) is 0 Å². The zero-order chi connectivity index (χ0) is 18.4. The third-order valence-corrected chi connectivity index (χ3v) is 4.35. The summed E-state index contributed by atoms with van der Waals surface area (Å²) < 4.78 is 5.21. The fourth-order valence-corrected chi connectivity index (χ4v) is 2.92. The number of carboxylic acids is 1. The Labute approximate surface area is 145 Å². The fourth-order valence-electron chi connectivity index (χ4n) is 2.92. The number of aliphatic carboxylic acids is 1. The molecule has 4 N–H and O–H groups in total. The summed E-state index contributed by atoms with van der Waals surface area (Å²) in [6.45, 7) is 0. The average Bonchev–Trinajstić information content (AvgIpc) is 2.61. The minimum Gasteiger partial charge on any atom is -0.495 e. The van der Waals surface area contributed by atoms with E-state index in [1.165, 1.54) is 14.2 Å². The topological polar surface area (TPSA) is 117 Å². The Morgan fingerprint density at radius 1 is 1.16 bits per heavy atom. The zero-order valence-corrected chi connectivity index (χ0v) is 14.3. The van der Waals surface area contributed by atoms with E-state index in [2.05, 4.69) is 16.0 Å². The van der Waals surface area contributed by atoms with Gasteiger partial charge in [0.2, 0.25) is 0 Å². The summed E-state index contributed by atoms with van der Waals surface area (Å²) in [5.41, 5.74) is 0.792. The van der Waals surface area contributed by atoms with Crippen molar-refractivity contribution >= 4 is 23.6 Å². The molecule has 1 saturated carbocycles. The first kappa shape index (κ1) is 18.6. The van der Waals surface area contributed by atoms with Crippen LogP contribution in [0.25, 0.3) is 0 Å². The molecule has 1 aliphatic rings. The highest BCUT2D eigenvalue weighted by atomic mass is 16.5. The average molecular weight is 349 g/mol. The predicted octanol–water partition coefficient (Wildman–Crippen LogP) is 1.82. The highest BCUT2D eigenvalue weighted by molar-refractivity contribution is 5.97. The number of carbonyl (C=O) groups is 3. The van der Waals surface area contributed by atoms with Gasteiger partial charge in [0.15, 0.2) is 0 Å². The van der Waals surface area contributed by atoms with Gasteiger partial charge in [0.25, 0.3) is 5.91 Å². The fraction of sp³-hybridized carbons (Fsp3) is 0.471. The van der Waals surface area contributed by atoms with E-state index in [1.807, 2.05) is 0 Å². The van der Waals surface area contributed by atoms with Crippen molar-refractivity contribution < 1.29 is 24.2 Å². The number of nitrogens with one attached hydrogen (secondary N) is 3. The van der Waals surface area contributed by atoms with Gasteiger partial charge in [-0.1, -0.05) is 0 Å². The molecular weight excluding hydrogens is 326 g/mol. The van der Waals surface area contributed by atoms with Crippen LogP contribution in [0, 0.1) is 5.92 Å². The lowest BCUT2D eigenvalue weighted by molar-refractivity contribution is -0.142. The number of amides is 3. The van der Waals surface area contributed by atoms with Crippen LogP contribution >= 0.6 is 0 Å². The molecule has 1 aromatic carbocycles. The molecule has 2 rings (SSSR count). The molecule has 0 atom stereocenters. The third-order valence-electron chi connectivity index (χ3n) is 4.35. The first-order valence-electron chi connectivity index (χ1n) is 8.15. The van der Waals surface area contributed by atoms with E-state index in [-0.39, 0.29) is 17.9 Å². The molecule has 8 nitrogen and oxygen atoms in total. The summed E-state index contributed by atoms with van der Waals surface area (Å²) in [6, 6.07) is 4.28. The molecule has 0 aromatic heterocycles. The van der Waals surface area contributed by atoms with E-state index in [9.17, 15) is 14.4 Å². The summed E-state index contributed by atoms with van der Waals surface area (Å²) >= 11 is 0. The summed E-state index contributed by atoms with van der Waals surface area (Å²) in [5.74, 6) is -0.931. The molecule has 0 aliphatic heterocycles. The Bertz CT molecular complexity index is 654. The van der Waals surface area contributed by atoms with E-state index >= 15 is 0 Å². The van der Waals surface area contributed by atoms with Crippen molar-refractivity contribution in [1.29, 1.82) is 0 Å². The van der Waals surface area contributed by atoms with Gasteiger partial charge in [-0.3, -0.25) is 9.59 Å². The minimum atomic E-state index is -0.779. The van der Waals surface area contributed by atoms with Crippen molar-refractivity contribution in [2.24, 2.45) is 5.92 Å². The van der Waals surface area contributed by atoms with Crippen LogP contribution in [0.4, 0.5) is 10.5 Å². The van der Waals surface area contributed by atoms with Crippen LogP contribution in [0.2, 0.25) is 0 Å². The van der Waals surface area contributed by atoms with E-state index < -0.39 is 12.0 Å². The highest BCUT2D eigenvalue weighted by Gasteiger charge is 2.26. The number of carbonyl (C=O) groups excluding carboxylic acids is 2. The van der Waals surface area contributed by atoms with Crippen LogP contribution in [0.15, 0.2) is 18.2 Å². The van der Waals surface area contributed by atoms with Crippen molar-refractivity contribution in [3.63, 3.8) is 0 Å². The number of benzene rings is 1. The SMILES string of the molecule is CNC(=O)c1ccc(OC)c(NC(=O)NC2CCC(C(=O)O)CC2)c1. The van der Waals surface area contributed by atoms with Crippen LogP contribution in [-0.4, -0.2) is 43.2 Å². The highest BCUT2D eigenvalue weighted by Crippen LogP contribution is 2.27. The Balaban J connectivity index is 1.98.